The first-order valence-electron chi connectivity index (χ1n) is 6.30. The summed E-state index contributed by atoms with van der Waals surface area (Å²) in [7, 11) is 0. The Balaban J connectivity index is 2.84. The fourth-order valence-corrected chi connectivity index (χ4v) is 2.59. The molecule has 21 heavy (non-hydrogen) atoms. The molecular weight excluding hydrogens is 303 g/mol. The van der Waals surface area contributed by atoms with Gasteiger partial charge in [-0.05, 0) is 23.9 Å². The molecule has 0 amide bonds. The van der Waals surface area contributed by atoms with Crippen molar-refractivity contribution in [2.24, 2.45) is 5.41 Å². The van der Waals surface area contributed by atoms with Gasteiger partial charge in [0, 0.05) is 12.1 Å². The molecule has 0 saturated heterocycles. The van der Waals surface area contributed by atoms with Crippen LogP contribution in [0, 0.1) is 22.9 Å². The maximum Gasteiger partial charge on any atom is 0.221 e. The van der Waals surface area contributed by atoms with Gasteiger partial charge in [0.1, 0.15) is 23.8 Å². The van der Waals surface area contributed by atoms with E-state index in [1.807, 2.05) is 0 Å². The van der Waals surface area contributed by atoms with E-state index in [4.69, 9.17) is 11.6 Å². The van der Waals surface area contributed by atoms with Crippen molar-refractivity contribution >= 4 is 11.6 Å². The van der Waals surface area contributed by atoms with Gasteiger partial charge < -0.3 is 0 Å². The average Bonchev–Trinajstić information content (AvgIpc) is 2.72. The molecule has 0 bridgehead atoms. The monoisotopic (exact) mass is 317 g/mol. The van der Waals surface area contributed by atoms with Crippen LogP contribution in [0.25, 0.3) is 0 Å². The maximum atomic E-state index is 14.3. The third-order valence-electron chi connectivity index (χ3n) is 3.88. The summed E-state index contributed by atoms with van der Waals surface area (Å²) in [5.41, 5.74) is -2.27. The minimum atomic E-state index is -1.29. The lowest BCUT2D eigenvalue weighted by molar-refractivity contribution is 0.137. The van der Waals surface area contributed by atoms with Crippen LogP contribution < -0.4 is 0 Å². The molecule has 0 saturated carbocycles. The van der Waals surface area contributed by atoms with E-state index in [1.54, 1.807) is 27.7 Å². The van der Waals surface area contributed by atoms with Gasteiger partial charge >= 0.3 is 0 Å². The molecule has 0 N–H and O–H groups in total. The second kappa shape index (κ2) is 5.02. The molecule has 0 spiro atoms. The van der Waals surface area contributed by atoms with Crippen LogP contribution in [0.1, 0.15) is 33.3 Å². The van der Waals surface area contributed by atoms with Gasteiger partial charge in [0.05, 0.1) is 11.1 Å². The van der Waals surface area contributed by atoms with Crippen LogP contribution in [0.4, 0.5) is 13.2 Å². The van der Waals surface area contributed by atoms with Crippen LogP contribution in [0.15, 0.2) is 18.5 Å². The standard InChI is InChI=1S/C14H15ClF3N3/c1-13(2,3)14(4,21-12(15)19-7-20-21)11-9(17)5-8(16)6-10(11)18/h5-7H,1-4H3/t14-/m0/s1. The van der Waals surface area contributed by atoms with Gasteiger partial charge in [-0.2, -0.15) is 5.10 Å². The van der Waals surface area contributed by atoms with Crippen molar-refractivity contribution < 1.29 is 13.2 Å². The summed E-state index contributed by atoms with van der Waals surface area (Å²) in [6, 6.07) is 1.29. The van der Waals surface area contributed by atoms with Gasteiger partial charge in [-0.3, -0.25) is 0 Å². The Hall–Kier alpha value is -1.56. The van der Waals surface area contributed by atoms with Crippen LogP contribution >= 0.6 is 11.6 Å². The Morgan fingerprint density at radius 2 is 1.57 bits per heavy atom. The molecule has 3 nitrogen and oxygen atoms in total. The first kappa shape index (κ1) is 15.8. The third-order valence-corrected chi connectivity index (χ3v) is 4.14. The second-order valence-corrected chi connectivity index (χ2v) is 6.35. The number of aromatic nitrogens is 3. The smallest absolute Gasteiger partial charge is 0.221 e. The molecule has 7 heteroatoms. The molecule has 1 heterocycles. The summed E-state index contributed by atoms with van der Waals surface area (Å²) < 4.78 is 43.0. The zero-order valence-corrected chi connectivity index (χ0v) is 12.8. The van der Waals surface area contributed by atoms with E-state index in [1.165, 1.54) is 11.0 Å². The van der Waals surface area contributed by atoms with Crippen LogP contribution in [0.5, 0.6) is 0 Å². The summed E-state index contributed by atoms with van der Waals surface area (Å²) in [5.74, 6) is -2.96. The van der Waals surface area contributed by atoms with Crippen LogP contribution in [-0.2, 0) is 5.54 Å². The average molecular weight is 318 g/mol. The third kappa shape index (κ3) is 2.41. The van der Waals surface area contributed by atoms with Crippen molar-refractivity contribution in [3.63, 3.8) is 0 Å². The van der Waals surface area contributed by atoms with Gasteiger partial charge in [-0.25, -0.2) is 22.8 Å². The van der Waals surface area contributed by atoms with Crippen molar-refractivity contribution in [2.45, 2.75) is 33.2 Å². The first-order chi connectivity index (χ1) is 9.59. The summed E-state index contributed by atoms with van der Waals surface area (Å²) in [6.07, 6.45) is 1.20. The van der Waals surface area contributed by atoms with Crippen LogP contribution in [0.3, 0.4) is 0 Å². The lowest BCUT2D eigenvalue weighted by Gasteiger charge is -2.42. The van der Waals surface area contributed by atoms with Crippen molar-refractivity contribution in [1.82, 2.24) is 14.8 Å². The van der Waals surface area contributed by atoms with Crippen molar-refractivity contribution in [1.29, 1.82) is 0 Å². The van der Waals surface area contributed by atoms with Crippen LogP contribution in [0.2, 0.25) is 5.28 Å². The zero-order chi connectivity index (χ0) is 16.0. The summed E-state index contributed by atoms with van der Waals surface area (Å²) in [6.45, 7) is 6.95. The SMILES string of the molecule is CC(C)(C)[C@](C)(c1c(F)cc(F)cc1F)n1ncnc1Cl. The van der Waals surface area contributed by atoms with E-state index in [-0.39, 0.29) is 10.8 Å². The van der Waals surface area contributed by atoms with Crippen LogP contribution in [-0.4, -0.2) is 14.8 Å². The van der Waals surface area contributed by atoms with Gasteiger partial charge in [-0.15, -0.1) is 0 Å². The number of hydrogen-bond donors (Lipinski definition) is 0. The Bertz CT molecular complexity index is 655. The lowest BCUT2D eigenvalue weighted by Crippen LogP contribution is -2.46. The molecule has 114 valence electrons. The molecule has 0 aliphatic heterocycles. The van der Waals surface area contributed by atoms with E-state index in [0.29, 0.717) is 12.1 Å². The Morgan fingerprint density at radius 3 is 1.95 bits per heavy atom. The fourth-order valence-electron chi connectivity index (χ4n) is 2.33. The van der Waals surface area contributed by atoms with E-state index < -0.39 is 28.4 Å². The number of benzene rings is 1. The predicted molar refractivity (Wildman–Crippen MR) is 73.6 cm³/mol. The quantitative estimate of drug-likeness (QED) is 0.832. The molecule has 0 aliphatic carbocycles. The lowest BCUT2D eigenvalue weighted by atomic mass is 9.70. The summed E-state index contributed by atoms with van der Waals surface area (Å²) >= 11 is 5.99. The van der Waals surface area contributed by atoms with Gasteiger partial charge in [0.25, 0.3) is 0 Å². The maximum absolute atomic E-state index is 14.3. The minimum absolute atomic E-state index is 0.00412. The molecule has 1 aromatic carbocycles. The van der Waals surface area contributed by atoms with Crippen molar-refractivity contribution in [2.75, 3.05) is 0 Å². The normalized spacial score (nSPS) is 15.0. The molecule has 0 radical (unpaired) electrons. The summed E-state index contributed by atoms with van der Waals surface area (Å²) in [5, 5.41) is 3.98. The van der Waals surface area contributed by atoms with E-state index in [0.717, 1.165) is 0 Å². The predicted octanol–water partition coefficient (Wildman–Crippen LogP) is 4.16. The van der Waals surface area contributed by atoms with E-state index >= 15 is 0 Å². The number of halogens is 4. The number of nitrogens with zero attached hydrogens (tertiary/aromatic N) is 3. The molecule has 0 aliphatic rings. The Kier molecular flexibility index (Phi) is 3.78. The second-order valence-electron chi connectivity index (χ2n) is 6.01. The highest BCUT2D eigenvalue weighted by atomic mass is 35.5. The topological polar surface area (TPSA) is 30.7 Å². The number of rotatable bonds is 2. The molecule has 2 rings (SSSR count). The molecule has 2 aromatic rings. The van der Waals surface area contributed by atoms with E-state index in [2.05, 4.69) is 10.1 Å². The van der Waals surface area contributed by atoms with Gasteiger partial charge in [0.15, 0.2) is 0 Å². The fraction of sp³-hybridized carbons (Fsp3) is 0.429. The Morgan fingerprint density at radius 1 is 1.05 bits per heavy atom. The molecule has 0 unspecified atom stereocenters. The summed E-state index contributed by atoms with van der Waals surface area (Å²) in [4.78, 5) is 3.80. The molecule has 1 aromatic heterocycles. The molecule has 1 atom stereocenters. The van der Waals surface area contributed by atoms with Crippen molar-refractivity contribution in [3.8, 4) is 0 Å². The van der Waals surface area contributed by atoms with Gasteiger partial charge in [-0.1, -0.05) is 20.8 Å². The Labute approximate surface area is 125 Å². The van der Waals surface area contributed by atoms with Crippen molar-refractivity contribution in [3.05, 3.63) is 46.8 Å². The zero-order valence-electron chi connectivity index (χ0n) is 12.1. The van der Waals surface area contributed by atoms with E-state index in [9.17, 15) is 13.2 Å². The minimum Gasteiger partial charge on any atom is -0.225 e. The highest BCUT2D eigenvalue weighted by molar-refractivity contribution is 6.28. The highest BCUT2D eigenvalue weighted by Gasteiger charge is 2.46. The number of hydrogen-bond acceptors (Lipinski definition) is 2. The highest BCUT2D eigenvalue weighted by Crippen LogP contribution is 2.45. The first-order valence-corrected chi connectivity index (χ1v) is 6.68. The van der Waals surface area contributed by atoms with Gasteiger partial charge in [0.2, 0.25) is 5.28 Å². The molecule has 0 fully saturated rings. The largest absolute Gasteiger partial charge is 0.225 e. The molecular formula is C14H15ClF3N3.